The molecule has 2 saturated heterocycles. The number of hydrogen-bond acceptors (Lipinski definition) is 9. The summed E-state index contributed by atoms with van der Waals surface area (Å²) in [5.41, 5.74) is 11.3. The Labute approximate surface area is 243 Å². The number of carbonyl (C=O) groups excluding carboxylic acids is 3. The van der Waals surface area contributed by atoms with Crippen molar-refractivity contribution in [3.05, 3.63) is 35.8 Å². The number of halogens is 3. The second-order valence-electron chi connectivity index (χ2n) is 11.1. The van der Waals surface area contributed by atoms with E-state index in [0.717, 1.165) is 5.56 Å². The third kappa shape index (κ3) is 5.53. The Morgan fingerprint density at radius 2 is 2.02 bits per heavy atom. The van der Waals surface area contributed by atoms with Crippen LogP contribution in [0.4, 0.5) is 19.0 Å². The van der Waals surface area contributed by atoms with E-state index in [1.54, 1.807) is 9.52 Å². The van der Waals surface area contributed by atoms with E-state index in [1.165, 1.54) is 30.6 Å². The number of amides is 3. The number of nitrogens with one attached hydrogen (secondary N) is 2. The van der Waals surface area contributed by atoms with Gasteiger partial charge >= 0.3 is 0 Å². The molecule has 3 aliphatic rings. The molecule has 13 nitrogen and oxygen atoms in total. The van der Waals surface area contributed by atoms with Crippen LogP contribution >= 0.6 is 0 Å². The molecule has 0 radical (unpaired) electrons. The number of aromatic nitrogens is 4. The Morgan fingerprint density at radius 1 is 1.23 bits per heavy atom. The lowest BCUT2D eigenvalue weighted by molar-refractivity contribution is -0.159. The lowest BCUT2D eigenvalue weighted by Crippen LogP contribution is -2.47. The minimum absolute atomic E-state index is 0.00876. The SMILES string of the molecule is COc1ncc(-c2cc(CN3CCCC(=O)N3)c3c(N)ncnn23)cc1C(=O)NC1CN(C(=O)C2CC(F)(F)C2)CC1F. The summed E-state index contributed by atoms with van der Waals surface area (Å²) in [6.07, 6.45) is 1.26. The van der Waals surface area contributed by atoms with Crippen molar-refractivity contribution in [3.8, 4) is 17.1 Å². The zero-order valence-electron chi connectivity index (χ0n) is 23.2. The monoisotopic (exact) mass is 601 g/mol. The Morgan fingerprint density at radius 3 is 2.74 bits per heavy atom. The Balaban J connectivity index is 1.24. The molecule has 3 amide bonds. The van der Waals surface area contributed by atoms with Crippen molar-refractivity contribution in [1.82, 2.24) is 40.2 Å². The predicted molar refractivity (Wildman–Crippen MR) is 145 cm³/mol. The fourth-order valence-corrected chi connectivity index (χ4v) is 5.85. The first-order chi connectivity index (χ1) is 20.5. The maximum atomic E-state index is 14.9. The highest BCUT2D eigenvalue weighted by molar-refractivity contribution is 5.98. The van der Waals surface area contributed by atoms with Crippen LogP contribution in [0.5, 0.6) is 5.88 Å². The minimum atomic E-state index is -2.87. The molecule has 228 valence electrons. The summed E-state index contributed by atoms with van der Waals surface area (Å²) in [7, 11) is 1.34. The molecule has 2 unspecified atom stereocenters. The van der Waals surface area contributed by atoms with Crippen molar-refractivity contribution in [2.24, 2.45) is 5.92 Å². The number of anilines is 1. The van der Waals surface area contributed by atoms with Crippen LogP contribution in [0, 0.1) is 5.92 Å². The number of likely N-dealkylation sites (tertiary alicyclic amines) is 1. The number of nitrogen functional groups attached to an aromatic ring is 1. The first-order valence-corrected chi connectivity index (χ1v) is 13.8. The molecule has 1 aliphatic carbocycles. The van der Waals surface area contributed by atoms with Crippen molar-refractivity contribution in [3.63, 3.8) is 0 Å². The fourth-order valence-electron chi connectivity index (χ4n) is 5.85. The summed E-state index contributed by atoms with van der Waals surface area (Å²) < 4.78 is 48.3. The molecule has 3 aromatic heterocycles. The summed E-state index contributed by atoms with van der Waals surface area (Å²) in [5, 5.41) is 8.73. The number of nitrogens with two attached hydrogens (primary N) is 1. The molecule has 2 aliphatic heterocycles. The molecular formula is C27H30F3N9O4. The van der Waals surface area contributed by atoms with Crippen molar-refractivity contribution >= 4 is 29.1 Å². The topological polar surface area (TPSA) is 160 Å². The second kappa shape index (κ2) is 11.0. The van der Waals surface area contributed by atoms with Crippen LogP contribution in [-0.2, 0) is 16.1 Å². The average Bonchev–Trinajstić information content (AvgIpc) is 3.51. The van der Waals surface area contributed by atoms with E-state index in [0.29, 0.717) is 42.7 Å². The van der Waals surface area contributed by atoms with Gasteiger partial charge in [0.05, 0.1) is 25.4 Å². The number of rotatable bonds is 7. The predicted octanol–water partition coefficient (Wildman–Crippen LogP) is 1.33. The van der Waals surface area contributed by atoms with Gasteiger partial charge in [-0.1, -0.05) is 0 Å². The highest BCUT2D eigenvalue weighted by Gasteiger charge is 2.51. The van der Waals surface area contributed by atoms with Gasteiger partial charge in [0.15, 0.2) is 5.82 Å². The summed E-state index contributed by atoms with van der Waals surface area (Å²) in [5.74, 6) is -4.80. The Kier molecular flexibility index (Phi) is 7.31. The number of hydrazine groups is 1. The van der Waals surface area contributed by atoms with Gasteiger partial charge in [0, 0.05) is 56.6 Å². The highest BCUT2D eigenvalue weighted by atomic mass is 19.3. The zero-order valence-corrected chi connectivity index (χ0v) is 23.2. The van der Waals surface area contributed by atoms with Crippen LogP contribution in [0.15, 0.2) is 24.7 Å². The van der Waals surface area contributed by atoms with E-state index in [1.807, 2.05) is 6.07 Å². The van der Waals surface area contributed by atoms with Crippen LogP contribution in [0.2, 0.25) is 0 Å². The lowest BCUT2D eigenvalue weighted by Gasteiger charge is -2.36. The lowest BCUT2D eigenvalue weighted by atomic mass is 9.80. The van der Waals surface area contributed by atoms with Crippen LogP contribution < -0.4 is 21.2 Å². The molecule has 4 N–H and O–H groups in total. The smallest absolute Gasteiger partial charge is 0.257 e. The van der Waals surface area contributed by atoms with E-state index in [2.05, 4.69) is 25.8 Å². The van der Waals surface area contributed by atoms with Gasteiger partial charge in [-0.05, 0) is 24.1 Å². The third-order valence-corrected chi connectivity index (χ3v) is 8.04. The van der Waals surface area contributed by atoms with Gasteiger partial charge in [-0.2, -0.15) is 5.10 Å². The van der Waals surface area contributed by atoms with Gasteiger partial charge < -0.3 is 20.7 Å². The molecule has 43 heavy (non-hydrogen) atoms. The van der Waals surface area contributed by atoms with E-state index >= 15 is 0 Å². The highest BCUT2D eigenvalue weighted by Crippen LogP contribution is 2.43. The number of hydrogen-bond donors (Lipinski definition) is 3. The number of pyridine rings is 1. The molecule has 0 bridgehead atoms. The van der Waals surface area contributed by atoms with Crippen molar-refractivity contribution in [2.75, 3.05) is 32.5 Å². The first-order valence-electron chi connectivity index (χ1n) is 13.8. The molecule has 16 heteroatoms. The van der Waals surface area contributed by atoms with Gasteiger partial charge in [-0.3, -0.25) is 19.8 Å². The second-order valence-corrected chi connectivity index (χ2v) is 11.1. The van der Waals surface area contributed by atoms with E-state index in [-0.39, 0.29) is 36.3 Å². The number of nitrogens with zero attached hydrogens (tertiary/aromatic N) is 6. The summed E-state index contributed by atoms with van der Waals surface area (Å²) in [4.78, 5) is 47.5. The molecule has 3 aromatic rings. The van der Waals surface area contributed by atoms with Crippen molar-refractivity contribution in [1.29, 1.82) is 0 Å². The summed E-state index contributed by atoms with van der Waals surface area (Å²) in [6.45, 7) is 0.544. The number of fused-ring (bicyclic) bond motifs is 1. The van der Waals surface area contributed by atoms with Gasteiger partial charge in [0.2, 0.25) is 23.6 Å². The average molecular weight is 602 g/mol. The summed E-state index contributed by atoms with van der Waals surface area (Å²) in [6, 6.07) is 2.29. The molecule has 6 rings (SSSR count). The third-order valence-electron chi connectivity index (χ3n) is 8.04. The van der Waals surface area contributed by atoms with E-state index < -0.39 is 48.7 Å². The van der Waals surface area contributed by atoms with Gasteiger partial charge in [-0.25, -0.2) is 32.7 Å². The quantitative estimate of drug-likeness (QED) is 0.363. The molecule has 5 heterocycles. The Bertz CT molecular complexity index is 1590. The molecule has 1 saturated carbocycles. The van der Waals surface area contributed by atoms with Gasteiger partial charge in [0.25, 0.3) is 5.91 Å². The van der Waals surface area contributed by atoms with E-state index in [9.17, 15) is 27.6 Å². The van der Waals surface area contributed by atoms with Crippen LogP contribution in [0.3, 0.4) is 0 Å². The number of ether oxygens (including phenoxy) is 1. The van der Waals surface area contributed by atoms with Crippen molar-refractivity contribution < 1.29 is 32.3 Å². The van der Waals surface area contributed by atoms with Crippen molar-refractivity contribution in [2.45, 2.75) is 50.4 Å². The normalized spacial score (nSPS) is 22.3. The number of methoxy groups -OCH3 is 1. The zero-order chi connectivity index (χ0) is 30.5. The van der Waals surface area contributed by atoms with Gasteiger partial charge in [0.1, 0.15) is 23.6 Å². The van der Waals surface area contributed by atoms with E-state index in [4.69, 9.17) is 10.5 Å². The maximum absolute atomic E-state index is 14.9. The van der Waals surface area contributed by atoms with Crippen LogP contribution in [-0.4, -0.2) is 92.1 Å². The molecule has 0 spiro atoms. The number of alkyl halides is 3. The van der Waals surface area contributed by atoms with Gasteiger partial charge in [-0.15, -0.1) is 0 Å². The fraction of sp³-hybridized carbons (Fsp3) is 0.481. The molecular weight excluding hydrogens is 571 g/mol. The molecule has 3 fully saturated rings. The molecule has 2 atom stereocenters. The maximum Gasteiger partial charge on any atom is 0.257 e. The largest absolute Gasteiger partial charge is 0.480 e. The van der Waals surface area contributed by atoms with Crippen LogP contribution in [0.1, 0.15) is 41.6 Å². The molecule has 0 aromatic carbocycles. The summed E-state index contributed by atoms with van der Waals surface area (Å²) >= 11 is 0. The number of carbonyl (C=O) groups is 3. The Hall–Kier alpha value is -4.47. The van der Waals surface area contributed by atoms with Crippen LogP contribution in [0.25, 0.3) is 16.8 Å². The first kappa shape index (κ1) is 28.6. The minimum Gasteiger partial charge on any atom is -0.480 e. The standard InChI is InChI=1S/C27H30F3N9O4/c1-43-25-17(24(41)35-19-12-37(11-18(19)28)26(42)16-7-27(29,30)8-16)5-14(9-32-25)20-6-15(10-38-4-2-3-21(40)36-38)22-23(31)33-13-34-39(20)22/h5-6,9,13,16,18-19H,2-4,7-8,10-12H2,1H3,(H,35,41)(H,36,40)(H2,31,33,34).